The molecule has 4 aliphatic heterocycles. The van der Waals surface area contributed by atoms with Gasteiger partial charge in [-0.2, -0.15) is 17.2 Å². The van der Waals surface area contributed by atoms with Crippen LogP contribution in [0.25, 0.3) is 0 Å². The van der Waals surface area contributed by atoms with Crippen molar-refractivity contribution in [2.75, 3.05) is 65.7 Å². The van der Waals surface area contributed by atoms with Crippen LogP contribution in [0, 0.1) is 29.6 Å². The predicted molar refractivity (Wildman–Crippen MR) is 330 cm³/mol. The van der Waals surface area contributed by atoms with Crippen molar-refractivity contribution in [1.29, 1.82) is 0 Å². The van der Waals surface area contributed by atoms with Gasteiger partial charge in [-0.15, -0.1) is 0 Å². The van der Waals surface area contributed by atoms with Gasteiger partial charge in [0, 0.05) is 61.8 Å². The third-order valence-electron chi connectivity index (χ3n) is 15.6. The summed E-state index contributed by atoms with van der Waals surface area (Å²) in [5, 5.41) is 57.0. The van der Waals surface area contributed by atoms with Gasteiger partial charge in [-0.25, -0.2) is 9.59 Å². The Labute approximate surface area is 534 Å². The monoisotopic (exact) mass is 1330 g/mol. The minimum Gasteiger partial charge on any atom is -0.493 e. The number of carbonyl (C=O) groups is 4. The summed E-state index contributed by atoms with van der Waals surface area (Å²) in [7, 11) is 10.9. The zero-order valence-electron chi connectivity index (χ0n) is 51.6. The lowest BCUT2D eigenvalue weighted by Gasteiger charge is -2.48. The number of alkyl carbamates (subject to hydrolysis) is 1. The number of carbonyl (C=O) groups excluding carboxylic acids is 4. The molecular formula is C59H82N4O22S4. The Kier molecular flexibility index (Phi) is 27.1. The first-order valence-corrected chi connectivity index (χ1v) is 34.1. The van der Waals surface area contributed by atoms with Crippen LogP contribution in [0.15, 0.2) is 47.9 Å². The lowest BCUT2D eigenvalue weighted by Crippen LogP contribution is -2.65. The van der Waals surface area contributed by atoms with Crippen LogP contribution < -0.4 is 30.9 Å². The van der Waals surface area contributed by atoms with Crippen LogP contribution in [-0.4, -0.2) is 226 Å². The number of esters is 1. The molecule has 1 aromatic rings. The molecule has 4 fully saturated rings. The number of hydroxylamine groups is 1. The smallest absolute Gasteiger partial charge is 0.411 e. The standard InChI is InChI=1S/C59H82N4O22S4/c1-28(2)60-36-27-77-43(25-39(36)73-8)83-52-50(66)47(63-85-45-24-37(64)53(86-12)31(5)79-45)29(3)80-57(52)82-38-18-16-14-15-17-20-59(71)34(19-21-88-89-87-13)46(38)48(62-58(70)76-11)51(67)54(59)84-44-26-42(49(65)30(4)78-44)81-56(69)33-22-40(74-9)41(75-10)23-35(33)61-55(68)32(6)72-7/h14-15,22-23,28-31,34,36-39,42-45,47,49-50,52-54,57,60,63-66,71H,6,19,21,24-27H2,1-5,7-13H3,(H,61,68)(H,62,70)/b15-14-/t29?,30?,31?,34?,36?,37?,38-,39?,42?,43?,44?,45?,47?,49?,50?,52?,53?,54+,57?,59+/m0/s1. The number of methoxy groups -OCH3 is 5. The Balaban J connectivity index is 1.26. The molecule has 0 saturated carbocycles. The molecule has 6 aliphatic rings. The van der Waals surface area contributed by atoms with E-state index < -0.39 is 140 Å². The second-order valence-electron chi connectivity index (χ2n) is 21.8. The van der Waals surface area contributed by atoms with Gasteiger partial charge in [-0.05, 0) is 61.7 Å². The molecule has 1 aromatic carbocycles. The topological polar surface area (TPSA) is 327 Å². The lowest BCUT2D eigenvalue weighted by molar-refractivity contribution is -0.337. The molecule has 30 heteroatoms. The molecule has 8 N–H and O–H groups in total. The lowest BCUT2D eigenvalue weighted by atomic mass is 9.68. The van der Waals surface area contributed by atoms with Crippen molar-refractivity contribution in [3.8, 4) is 35.2 Å². The van der Waals surface area contributed by atoms with Crippen LogP contribution in [-0.2, 0) is 66.5 Å². The number of amides is 2. The van der Waals surface area contributed by atoms with Gasteiger partial charge in [0.1, 0.15) is 30.5 Å². The third-order valence-corrected chi connectivity index (χ3v) is 20.8. The Morgan fingerprint density at radius 2 is 1.55 bits per heavy atom. The van der Waals surface area contributed by atoms with Crippen molar-refractivity contribution in [2.45, 2.75) is 182 Å². The van der Waals surface area contributed by atoms with E-state index >= 15 is 4.79 Å². The van der Waals surface area contributed by atoms with Crippen LogP contribution in [0.1, 0.15) is 70.7 Å². The van der Waals surface area contributed by atoms with E-state index in [-0.39, 0.29) is 83.4 Å². The summed E-state index contributed by atoms with van der Waals surface area (Å²) in [4.78, 5) is 62.5. The van der Waals surface area contributed by atoms with Gasteiger partial charge in [-0.3, -0.25) is 19.7 Å². The highest BCUT2D eigenvalue weighted by Gasteiger charge is 2.59. The quantitative estimate of drug-likeness (QED) is 0.0125. The van der Waals surface area contributed by atoms with E-state index in [1.165, 1.54) is 95.7 Å². The number of hydrogen-bond acceptors (Lipinski definition) is 28. The molecule has 2 bridgehead atoms. The van der Waals surface area contributed by atoms with Crippen LogP contribution >= 0.6 is 43.2 Å². The van der Waals surface area contributed by atoms with Crippen molar-refractivity contribution in [1.82, 2.24) is 16.1 Å². The van der Waals surface area contributed by atoms with Crippen molar-refractivity contribution >= 4 is 72.6 Å². The van der Waals surface area contributed by atoms with Crippen LogP contribution in [0.2, 0.25) is 0 Å². The van der Waals surface area contributed by atoms with Gasteiger partial charge < -0.3 is 92.6 Å². The summed E-state index contributed by atoms with van der Waals surface area (Å²) in [5.74, 6) is 7.71. The number of aliphatic hydroxyl groups is 4. The summed E-state index contributed by atoms with van der Waals surface area (Å²) in [6.07, 6.45) is -12.8. The van der Waals surface area contributed by atoms with Gasteiger partial charge >= 0.3 is 12.1 Å². The molecular weight excluding hydrogens is 1240 g/mol. The molecule has 0 radical (unpaired) electrons. The fourth-order valence-corrected chi connectivity index (χ4v) is 14.8. The number of fused-ring (bicyclic) bond motifs is 2. The fourth-order valence-electron chi connectivity index (χ4n) is 11.2. The molecule has 4 saturated heterocycles. The second kappa shape index (κ2) is 33.5. The number of aliphatic hydroxyl groups excluding tert-OH is 3. The molecule has 7 rings (SSSR count). The van der Waals surface area contributed by atoms with Crippen LogP contribution in [0.4, 0.5) is 10.5 Å². The maximum absolute atomic E-state index is 15.6. The van der Waals surface area contributed by atoms with Crippen molar-refractivity contribution in [2.24, 2.45) is 5.92 Å². The first kappa shape index (κ1) is 72.1. The predicted octanol–water partition coefficient (Wildman–Crippen LogP) is 3.50. The number of Topliss-reactive ketones (excluding diaryl/α,β-unsaturated/α-hetero) is 1. The first-order valence-electron chi connectivity index (χ1n) is 28.7. The molecule has 2 amide bonds. The summed E-state index contributed by atoms with van der Waals surface area (Å²) in [5.41, 5.74) is -0.456. The summed E-state index contributed by atoms with van der Waals surface area (Å²) < 4.78 is 78.1. The van der Waals surface area contributed by atoms with Crippen LogP contribution in [0.3, 0.4) is 0 Å². The molecule has 17 unspecified atom stereocenters. The van der Waals surface area contributed by atoms with Crippen molar-refractivity contribution < 1.29 is 106 Å². The fraction of sp³-hybridized carbons (Fsp3) is 0.661. The van der Waals surface area contributed by atoms with E-state index in [4.69, 9.17) is 66.4 Å². The largest absolute Gasteiger partial charge is 0.493 e. The third kappa shape index (κ3) is 17.7. The highest BCUT2D eigenvalue weighted by atomic mass is 33.5. The Morgan fingerprint density at radius 1 is 0.843 bits per heavy atom. The molecule has 0 aromatic heterocycles. The zero-order chi connectivity index (χ0) is 64.9. The average Bonchev–Trinajstić information content (AvgIpc) is 0.971. The van der Waals surface area contributed by atoms with E-state index in [0.29, 0.717) is 5.75 Å². The Hall–Kier alpha value is -4.36. The molecule has 26 nitrogen and oxygen atoms in total. The summed E-state index contributed by atoms with van der Waals surface area (Å²) >= 11 is 1.48. The van der Waals surface area contributed by atoms with E-state index in [1.807, 2.05) is 33.3 Å². The van der Waals surface area contributed by atoms with Gasteiger partial charge in [0.25, 0.3) is 5.91 Å². The molecule has 2 aliphatic carbocycles. The summed E-state index contributed by atoms with van der Waals surface area (Å²) in [6.45, 7) is 12.7. The number of benzene rings is 1. The Bertz CT molecular complexity index is 2820. The maximum atomic E-state index is 15.6. The molecule has 0 spiro atoms. The molecule has 89 heavy (non-hydrogen) atoms. The molecule has 20 atom stereocenters. The first-order chi connectivity index (χ1) is 42.5. The maximum Gasteiger partial charge on any atom is 0.411 e. The number of rotatable bonds is 26. The van der Waals surface area contributed by atoms with E-state index in [2.05, 4.69) is 51.7 Å². The average molecular weight is 1330 g/mol. The number of hydrogen-bond donors (Lipinski definition) is 8. The number of ether oxygens (including phenoxy) is 13. The zero-order valence-corrected chi connectivity index (χ0v) is 54.8. The van der Waals surface area contributed by atoms with E-state index in [9.17, 15) is 34.8 Å². The number of ketones is 1. The van der Waals surface area contributed by atoms with Gasteiger partial charge in [-0.1, -0.05) is 65.7 Å². The van der Waals surface area contributed by atoms with Gasteiger partial charge in [0.2, 0.25) is 5.78 Å². The highest BCUT2D eigenvalue weighted by Crippen LogP contribution is 2.46. The van der Waals surface area contributed by atoms with E-state index in [0.717, 1.165) is 7.11 Å². The Morgan fingerprint density at radius 3 is 2.21 bits per heavy atom. The SMILES string of the molecule is C=C(OC)C(=O)Nc1cc(OC)c(OC)cc1C(=O)OC1CC(O[C@@H]2C(=O)C(NC(=O)OC)=C3C(CCSSSC)[C@]2(O)C#C/C=C\C#C[C@@H]3OC2OC(C)C(NOC3CC(O)C(SC)C(C)O3)C(O)C2OC2CC(OC)C(NC(C)C)CO2)OC(C)C1O. The van der Waals surface area contributed by atoms with E-state index in [1.54, 1.807) is 14.0 Å². The van der Waals surface area contributed by atoms with Crippen molar-refractivity contribution in [3.05, 3.63) is 53.5 Å². The van der Waals surface area contributed by atoms with Crippen molar-refractivity contribution in [3.63, 3.8) is 0 Å². The number of thioether (sulfide) groups is 1. The van der Waals surface area contributed by atoms with Gasteiger partial charge in [0.05, 0.1) is 99.8 Å². The minimum absolute atomic E-state index is 0.0221. The van der Waals surface area contributed by atoms with Gasteiger partial charge in [0.15, 0.2) is 54.1 Å². The normalized spacial score (nSPS) is 34.8. The second-order valence-corrected chi connectivity index (χ2v) is 27.2. The number of allylic oxidation sites excluding steroid dienone is 2. The molecule has 4 heterocycles. The number of nitrogens with one attached hydrogen (secondary N) is 4. The summed E-state index contributed by atoms with van der Waals surface area (Å²) in [6, 6.07) is 1.42. The highest BCUT2D eigenvalue weighted by molar-refractivity contribution is 9.09. The minimum atomic E-state index is -2.52. The molecule has 494 valence electrons. The van der Waals surface area contributed by atoms with Crippen LogP contribution in [0.5, 0.6) is 11.5 Å². The number of anilines is 1.